The summed E-state index contributed by atoms with van der Waals surface area (Å²) in [6.45, 7) is 1.90. The Balaban J connectivity index is 1.84. The molecule has 0 aliphatic heterocycles. The number of carbonyl (C=O) groups is 1. The lowest BCUT2D eigenvalue weighted by molar-refractivity contribution is 0.0952. The SMILES string of the molecule is Cc1ccoc1C(=O)CCCc1ccccc1. The third-order valence-electron chi connectivity index (χ3n) is 2.83. The van der Waals surface area contributed by atoms with Crippen LogP contribution in [0.15, 0.2) is 47.1 Å². The third kappa shape index (κ3) is 3.06. The van der Waals surface area contributed by atoms with E-state index in [0.29, 0.717) is 12.2 Å². The first-order valence-electron chi connectivity index (χ1n) is 5.88. The van der Waals surface area contributed by atoms with Crippen LogP contribution in [-0.4, -0.2) is 5.78 Å². The van der Waals surface area contributed by atoms with Gasteiger partial charge < -0.3 is 4.42 Å². The van der Waals surface area contributed by atoms with E-state index in [2.05, 4.69) is 12.1 Å². The average molecular weight is 228 g/mol. The van der Waals surface area contributed by atoms with Crippen molar-refractivity contribution in [1.82, 2.24) is 0 Å². The smallest absolute Gasteiger partial charge is 0.198 e. The first-order valence-corrected chi connectivity index (χ1v) is 5.88. The summed E-state index contributed by atoms with van der Waals surface area (Å²) < 4.78 is 5.18. The molecule has 1 heterocycles. The molecular weight excluding hydrogens is 212 g/mol. The molecule has 2 heteroatoms. The van der Waals surface area contributed by atoms with Crippen molar-refractivity contribution >= 4 is 5.78 Å². The summed E-state index contributed by atoms with van der Waals surface area (Å²) in [5, 5.41) is 0. The zero-order valence-electron chi connectivity index (χ0n) is 9.98. The van der Waals surface area contributed by atoms with E-state index in [-0.39, 0.29) is 5.78 Å². The highest BCUT2D eigenvalue weighted by atomic mass is 16.3. The number of ketones is 1. The molecule has 0 fully saturated rings. The van der Waals surface area contributed by atoms with Crippen molar-refractivity contribution in [2.24, 2.45) is 0 Å². The number of hydrogen-bond acceptors (Lipinski definition) is 2. The quantitative estimate of drug-likeness (QED) is 0.729. The Labute approximate surface area is 101 Å². The van der Waals surface area contributed by atoms with E-state index in [0.717, 1.165) is 18.4 Å². The van der Waals surface area contributed by atoms with Crippen LogP contribution >= 0.6 is 0 Å². The maximum Gasteiger partial charge on any atom is 0.198 e. The van der Waals surface area contributed by atoms with Crippen LogP contribution in [0.5, 0.6) is 0 Å². The molecule has 88 valence electrons. The second-order valence-corrected chi connectivity index (χ2v) is 4.20. The Hall–Kier alpha value is -1.83. The van der Waals surface area contributed by atoms with E-state index < -0.39 is 0 Å². The van der Waals surface area contributed by atoms with Crippen LogP contribution in [0.25, 0.3) is 0 Å². The van der Waals surface area contributed by atoms with Crippen LogP contribution in [-0.2, 0) is 6.42 Å². The Kier molecular flexibility index (Phi) is 3.76. The van der Waals surface area contributed by atoms with Gasteiger partial charge in [-0.2, -0.15) is 0 Å². The molecule has 0 bridgehead atoms. The van der Waals surface area contributed by atoms with Gasteiger partial charge in [0.1, 0.15) is 0 Å². The van der Waals surface area contributed by atoms with Crippen molar-refractivity contribution in [2.75, 3.05) is 0 Å². The predicted molar refractivity (Wildman–Crippen MR) is 67.2 cm³/mol. The summed E-state index contributed by atoms with van der Waals surface area (Å²) in [6.07, 6.45) is 3.92. The Morgan fingerprint density at radius 3 is 2.59 bits per heavy atom. The molecule has 0 atom stereocenters. The fourth-order valence-corrected chi connectivity index (χ4v) is 1.87. The molecule has 0 amide bonds. The van der Waals surface area contributed by atoms with E-state index in [1.165, 1.54) is 5.56 Å². The van der Waals surface area contributed by atoms with E-state index >= 15 is 0 Å². The number of benzene rings is 1. The number of hydrogen-bond donors (Lipinski definition) is 0. The number of Topliss-reactive ketones (excluding diaryl/α,β-unsaturated/α-hetero) is 1. The highest BCUT2D eigenvalue weighted by molar-refractivity contribution is 5.94. The Morgan fingerprint density at radius 1 is 1.18 bits per heavy atom. The van der Waals surface area contributed by atoms with Crippen LogP contribution in [0.3, 0.4) is 0 Å². The van der Waals surface area contributed by atoms with Gasteiger partial charge in [0.15, 0.2) is 11.5 Å². The van der Waals surface area contributed by atoms with Gasteiger partial charge in [-0.3, -0.25) is 4.79 Å². The van der Waals surface area contributed by atoms with Crippen molar-refractivity contribution in [3.8, 4) is 0 Å². The summed E-state index contributed by atoms with van der Waals surface area (Å²) in [6, 6.07) is 12.0. The van der Waals surface area contributed by atoms with Gasteiger partial charge in [-0.25, -0.2) is 0 Å². The first kappa shape index (κ1) is 11.6. The lowest BCUT2D eigenvalue weighted by atomic mass is 10.0. The molecule has 1 aromatic carbocycles. The van der Waals surface area contributed by atoms with Crippen LogP contribution in [0.4, 0.5) is 0 Å². The molecule has 17 heavy (non-hydrogen) atoms. The van der Waals surface area contributed by atoms with Crippen LogP contribution in [0.1, 0.15) is 34.5 Å². The van der Waals surface area contributed by atoms with Gasteiger partial charge in [0, 0.05) is 6.42 Å². The fraction of sp³-hybridized carbons (Fsp3) is 0.267. The second-order valence-electron chi connectivity index (χ2n) is 4.20. The summed E-state index contributed by atoms with van der Waals surface area (Å²) in [7, 11) is 0. The summed E-state index contributed by atoms with van der Waals surface area (Å²) >= 11 is 0. The third-order valence-corrected chi connectivity index (χ3v) is 2.83. The van der Waals surface area contributed by atoms with Crippen molar-refractivity contribution in [1.29, 1.82) is 0 Å². The van der Waals surface area contributed by atoms with Gasteiger partial charge >= 0.3 is 0 Å². The minimum absolute atomic E-state index is 0.100. The monoisotopic (exact) mass is 228 g/mol. The Morgan fingerprint density at radius 2 is 1.94 bits per heavy atom. The first-order chi connectivity index (χ1) is 8.27. The van der Waals surface area contributed by atoms with Gasteiger partial charge in [0.05, 0.1) is 6.26 Å². The molecule has 0 spiro atoms. The molecule has 0 radical (unpaired) electrons. The molecule has 0 saturated carbocycles. The van der Waals surface area contributed by atoms with Crippen molar-refractivity contribution in [3.05, 3.63) is 59.5 Å². The second kappa shape index (κ2) is 5.48. The van der Waals surface area contributed by atoms with E-state index in [1.54, 1.807) is 6.26 Å². The van der Waals surface area contributed by atoms with Gasteiger partial charge in [0.25, 0.3) is 0 Å². The molecule has 0 unspecified atom stereocenters. The van der Waals surface area contributed by atoms with Crippen LogP contribution < -0.4 is 0 Å². The molecule has 2 rings (SSSR count). The van der Waals surface area contributed by atoms with Gasteiger partial charge in [-0.1, -0.05) is 30.3 Å². The van der Waals surface area contributed by atoms with Crippen LogP contribution in [0, 0.1) is 6.92 Å². The molecule has 2 aromatic rings. The van der Waals surface area contributed by atoms with Crippen molar-refractivity contribution in [2.45, 2.75) is 26.2 Å². The molecule has 0 aliphatic rings. The zero-order chi connectivity index (χ0) is 12.1. The minimum Gasteiger partial charge on any atom is -0.461 e. The molecule has 0 aliphatic carbocycles. The maximum absolute atomic E-state index is 11.8. The summed E-state index contributed by atoms with van der Waals surface area (Å²) in [4.78, 5) is 11.8. The van der Waals surface area contributed by atoms with E-state index in [1.807, 2.05) is 31.2 Å². The fourth-order valence-electron chi connectivity index (χ4n) is 1.87. The van der Waals surface area contributed by atoms with E-state index in [9.17, 15) is 4.79 Å². The number of furan rings is 1. The maximum atomic E-state index is 11.8. The molecule has 2 nitrogen and oxygen atoms in total. The van der Waals surface area contributed by atoms with Crippen LogP contribution in [0.2, 0.25) is 0 Å². The highest BCUT2D eigenvalue weighted by Crippen LogP contribution is 2.13. The topological polar surface area (TPSA) is 30.2 Å². The normalized spacial score (nSPS) is 10.4. The zero-order valence-corrected chi connectivity index (χ0v) is 9.98. The van der Waals surface area contributed by atoms with Gasteiger partial charge in [-0.05, 0) is 37.0 Å². The summed E-state index contributed by atoms with van der Waals surface area (Å²) in [5.41, 5.74) is 2.20. The predicted octanol–water partition coefficient (Wildman–Crippen LogP) is 3.79. The largest absolute Gasteiger partial charge is 0.461 e. The number of rotatable bonds is 5. The average Bonchev–Trinajstić information content (AvgIpc) is 2.77. The summed E-state index contributed by atoms with van der Waals surface area (Å²) in [5.74, 6) is 0.612. The number of aryl methyl sites for hydroxylation is 2. The lowest BCUT2D eigenvalue weighted by Gasteiger charge is -2.00. The highest BCUT2D eigenvalue weighted by Gasteiger charge is 2.11. The standard InChI is InChI=1S/C15H16O2/c1-12-10-11-17-15(12)14(16)9-5-8-13-6-3-2-4-7-13/h2-4,6-7,10-11H,5,8-9H2,1H3. The molecule has 1 aromatic heterocycles. The van der Waals surface area contributed by atoms with Crippen molar-refractivity contribution < 1.29 is 9.21 Å². The van der Waals surface area contributed by atoms with Gasteiger partial charge in [0.2, 0.25) is 0 Å². The molecular formula is C15H16O2. The van der Waals surface area contributed by atoms with E-state index in [4.69, 9.17) is 4.42 Å². The molecule has 0 N–H and O–H groups in total. The Bertz CT molecular complexity index is 483. The minimum atomic E-state index is 0.100. The molecule has 0 saturated heterocycles. The lowest BCUT2D eigenvalue weighted by Crippen LogP contribution is -2.00. The van der Waals surface area contributed by atoms with Crippen molar-refractivity contribution in [3.63, 3.8) is 0 Å². The number of carbonyl (C=O) groups excluding carboxylic acids is 1. The van der Waals surface area contributed by atoms with Gasteiger partial charge in [-0.15, -0.1) is 0 Å².